The van der Waals surface area contributed by atoms with Gasteiger partial charge in [0.1, 0.15) is 12.1 Å². The number of ether oxygens (including phenoxy) is 1. The molecule has 8 radical (unpaired) electrons. The van der Waals surface area contributed by atoms with Gasteiger partial charge in [0, 0.05) is 50.0 Å². The lowest BCUT2D eigenvalue weighted by molar-refractivity contribution is -0.174. The number of benzene rings is 2. The molecule has 1 fully saturated rings. The van der Waals surface area contributed by atoms with Crippen LogP contribution >= 0.6 is 0 Å². The van der Waals surface area contributed by atoms with Crippen LogP contribution < -0.4 is 10.6 Å². The number of morpholine rings is 1. The quantitative estimate of drug-likeness (QED) is 0.183. The molecule has 14 heteroatoms. The average Bonchev–Trinajstić information content (AvgIpc) is 2.95. The highest BCUT2D eigenvalue weighted by atomic mass is 19.1. The number of nitrogens with one attached hydrogen (secondary N) is 2. The first kappa shape index (κ1) is 34.4. The van der Waals surface area contributed by atoms with Crippen molar-refractivity contribution in [2.24, 2.45) is 0 Å². The number of hydrogen-bond donors (Lipinski definition) is 3. The van der Waals surface area contributed by atoms with Gasteiger partial charge in [-0.25, -0.2) is 4.39 Å². The van der Waals surface area contributed by atoms with E-state index >= 15 is 4.39 Å². The number of rotatable bonds is 13. The van der Waals surface area contributed by atoms with Crippen molar-refractivity contribution in [3.63, 3.8) is 0 Å². The first-order valence-corrected chi connectivity index (χ1v) is 13.9. The summed E-state index contributed by atoms with van der Waals surface area (Å²) in [5.74, 6) is -1.57. The van der Waals surface area contributed by atoms with E-state index in [2.05, 4.69) is 15.5 Å². The molecule has 2 aromatic carbocycles. The topological polar surface area (TPSA) is 111 Å². The van der Waals surface area contributed by atoms with Crippen LogP contribution in [0.1, 0.15) is 36.1 Å². The monoisotopic (exact) mass is 582 g/mol. The molecule has 1 aliphatic heterocycles. The van der Waals surface area contributed by atoms with E-state index in [-0.39, 0.29) is 37.3 Å². The van der Waals surface area contributed by atoms with Gasteiger partial charge >= 0.3 is 0 Å². The first-order valence-electron chi connectivity index (χ1n) is 13.9. The molecule has 2 amide bonds. The minimum Gasteiger partial charge on any atom is -0.381 e. The van der Waals surface area contributed by atoms with Crippen molar-refractivity contribution in [3.05, 3.63) is 64.5 Å². The van der Waals surface area contributed by atoms with Crippen molar-refractivity contribution in [1.29, 1.82) is 0 Å². The molecule has 1 heterocycles. The van der Waals surface area contributed by atoms with Crippen molar-refractivity contribution in [2.75, 3.05) is 25.5 Å². The van der Waals surface area contributed by atoms with Crippen LogP contribution in [-0.2, 0) is 38.8 Å². The van der Waals surface area contributed by atoms with Crippen LogP contribution in [0.4, 0.5) is 10.1 Å². The zero-order chi connectivity index (χ0) is 32.2. The smallest absolute Gasteiger partial charge is 0.272 e. The highest BCUT2D eigenvalue weighted by Gasteiger charge is 2.58. The minimum absolute atomic E-state index is 0.0203. The lowest BCUT2D eigenvalue weighted by Crippen LogP contribution is -2.68. The summed E-state index contributed by atoms with van der Waals surface area (Å²) in [6.07, 6.45) is 0.235. The summed E-state index contributed by atoms with van der Waals surface area (Å²) in [6, 6.07) is 10.4. The van der Waals surface area contributed by atoms with Gasteiger partial charge < -0.3 is 30.2 Å². The molecule has 9 nitrogen and oxygen atoms in total. The fourth-order valence-electron chi connectivity index (χ4n) is 5.34. The normalized spacial score (nSPS) is 19.2. The number of nitrogens with zero attached hydrogens (tertiary/aromatic N) is 2. The second-order valence-corrected chi connectivity index (χ2v) is 11.2. The number of halogens is 1. The second-order valence-electron chi connectivity index (χ2n) is 11.2. The predicted octanol–water partition coefficient (Wildman–Crippen LogP) is 0.854. The van der Waals surface area contributed by atoms with E-state index in [0.29, 0.717) is 52.5 Å². The van der Waals surface area contributed by atoms with Crippen LogP contribution in [0, 0.1) is 12.7 Å². The third-order valence-electron chi connectivity index (χ3n) is 7.83. The summed E-state index contributed by atoms with van der Waals surface area (Å²) >= 11 is 0. The fourth-order valence-corrected chi connectivity index (χ4v) is 5.34. The number of hydrogen-bond acceptors (Lipinski definition) is 7. The summed E-state index contributed by atoms with van der Waals surface area (Å²) in [4.78, 5) is 39.7. The third-order valence-corrected chi connectivity index (χ3v) is 7.83. The average molecular weight is 582 g/mol. The number of anilines is 1. The van der Waals surface area contributed by atoms with Gasteiger partial charge in [-0.2, -0.15) is 0 Å². The Hall–Kier alpha value is -3.08. The predicted molar refractivity (Wildman–Crippen MR) is 165 cm³/mol. The van der Waals surface area contributed by atoms with E-state index in [9.17, 15) is 19.5 Å². The highest BCUT2D eigenvalue weighted by Crippen LogP contribution is 2.50. The van der Waals surface area contributed by atoms with Crippen LogP contribution in [0.5, 0.6) is 0 Å². The number of aryl methyl sites for hydroxylation is 1. The Morgan fingerprint density at radius 1 is 1.12 bits per heavy atom. The Bertz CT molecular complexity index is 1320. The molecule has 43 heavy (non-hydrogen) atoms. The second kappa shape index (κ2) is 13.7. The summed E-state index contributed by atoms with van der Waals surface area (Å²) in [5, 5.41) is 11.5. The van der Waals surface area contributed by atoms with Gasteiger partial charge in [0.25, 0.3) is 5.91 Å². The Kier molecular flexibility index (Phi) is 11.0. The summed E-state index contributed by atoms with van der Waals surface area (Å²) < 4.78 is 21.4. The van der Waals surface area contributed by atoms with Crippen molar-refractivity contribution in [3.8, 4) is 0 Å². The molecule has 220 valence electrons. The zero-order valence-corrected chi connectivity index (χ0v) is 25.0. The van der Waals surface area contributed by atoms with Gasteiger partial charge in [0.2, 0.25) is 12.1 Å². The van der Waals surface area contributed by atoms with Gasteiger partial charge in [-0.05, 0) is 43.2 Å². The maximum absolute atomic E-state index is 15.6. The van der Waals surface area contributed by atoms with Crippen molar-refractivity contribution < 1.29 is 28.6 Å². The van der Waals surface area contributed by atoms with Crippen LogP contribution in [0.3, 0.4) is 0 Å². The van der Waals surface area contributed by atoms with Gasteiger partial charge in [0.05, 0.1) is 50.1 Å². The third kappa shape index (κ3) is 7.02. The molecule has 1 saturated heterocycles. The van der Waals surface area contributed by atoms with Crippen LogP contribution in [0.25, 0.3) is 0 Å². The molecule has 0 aliphatic carbocycles. The molecular formula is C29H35B4FN4O5. The van der Waals surface area contributed by atoms with Crippen molar-refractivity contribution in [2.45, 2.75) is 68.8 Å². The SMILES string of the molecule is [B]C([B])(C=O)C([B])([B])C(O)(C(=O)NC)N(C=O)Cc1c(C)cccc1NCc1cccc(CN2CC(C)OC(C)C2)c1F. The van der Waals surface area contributed by atoms with E-state index in [0.717, 1.165) is 0 Å². The van der Waals surface area contributed by atoms with E-state index in [1.165, 1.54) is 7.05 Å². The minimum atomic E-state index is -3.07. The largest absolute Gasteiger partial charge is 0.381 e. The number of carbonyl (C=O) groups excluding carboxylic acids is 3. The highest BCUT2D eigenvalue weighted by molar-refractivity contribution is 6.60. The molecule has 0 saturated carbocycles. The standard InChI is InChI=1S/C29H35B4FN4O5/c1-18-7-5-10-24(23(18)15-38(17-40)28(42,26(41)35-4)29(32,33)27(30,31)16-39)36-11-21-8-6-9-22(25(21)34)14-37-12-19(2)43-20(3)13-37/h5-10,16-17,19-20,36,42H,11-15H2,1-4H3,(H,35,41). The Labute approximate surface area is 257 Å². The van der Waals surface area contributed by atoms with E-state index in [4.69, 9.17) is 36.1 Å². The number of amides is 2. The molecule has 1 aliphatic rings. The number of likely N-dealkylation sites (N-methyl/N-ethyl adjacent to an activating group) is 1. The molecule has 0 spiro atoms. The Morgan fingerprint density at radius 2 is 1.72 bits per heavy atom. The van der Waals surface area contributed by atoms with Gasteiger partial charge in [-0.1, -0.05) is 35.5 Å². The summed E-state index contributed by atoms with van der Waals surface area (Å²) in [7, 11) is 24.7. The van der Waals surface area contributed by atoms with Crippen LogP contribution in [0.2, 0.25) is 10.4 Å². The molecule has 3 unspecified atom stereocenters. The van der Waals surface area contributed by atoms with Crippen molar-refractivity contribution in [1.82, 2.24) is 15.1 Å². The first-order chi connectivity index (χ1) is 20.1. The van der Waals surface area contributed by atoms with Gasteiger partial charge in [0.15, 0.2) is 0 Å². The number of aliphatic hydroxyl groups is 1. The molecule has 2 aromatic rings. The van der Waals surface area contributed by atoms with Gasteiger partial charge in [-0.15, -0.1) is 0 Å². The zero-order valence-electron chi connectivity index (χ0n) is 25.0. The Morgan fingerprint density at radius 3 is 2.30 bits per heavy atom. The van der Waals surface area contributed by atoms with Crippen LogP contribution in [0.15, 0.2) is 36.4 Å². The maximum atomic E-state index is 15.6. The Balaban J connectivity index is 1.90. The molecular weight excluding hydrogens is 547 g/mol. The van der Waals surface area contributed by atoms with Gasteiger partial charge in [-0.3, -0.25) is 14.5 Å². The maximum Gasteiger partial charge on any atom is 0.272 e. The number of carbonyl (C=O) groups is 3. The fraction of sp³-hybridized carbons (Fsp3) is 0.483. The number of aldehydes is 1. The molecule has 3 atom stereocenters. The molecule has 3 rings (SSSR count). The van der Waals surface area contributed by atoms with Crippen molar-refractivity contribution >= 4 is 55.7 Å². The lowest BCUT2D eigenvalue weighted by Gasteiger charge is -2.53. The molecule has 3 N–H and O–H groups in total. The molecule has 0 aromatic heterocycles. The summed E-state index contributed by atoms with van der Waals surface area (Å²) in [6.45, 7) is 7.23. The van der Waals surface area contributed by atoms with E-state index in [1.54, 1.807) is 43.3 Å². The van der Waals surface area contributed by atoms with Crippen LogP contribution in [-0.4, -0.2) is 103 Å². The molecule has 0 bridgehead atoms. The van der Waals surface area contributed by atoms with E-state index < -0.39 is 28.6 Å². The summed E-state index contributed by atoms with van der Waals surface area (Å²) in [5.41, 5.74) is -0.513. The lowest BCUT2D eigenvalue weighted by atomic mass is 9.27. The van der Waals surface area contributed by atoms with E-state index in [1.807, 2.05) is 13.8 Å².